The highest BCUT2D eigenvalue weighted by molar-refractivity contribution is 5.08. The van der Waals surface area contributed by atoms with Crippen LogP contribution in [-0.4, -0.2) is 27.4 Å². The molecule has 1 heterocycles. The van der Waals surface area contributed by atoms with Crippen molar-refractivity contribution in [2.45, 2.75) is 38.2 Å². The summed E-state index contributed by atoms with van der Waals surface area (Å²) in [6.07, 6.45) is 1.45. The molecule has 3 unspecified atom stereocenters. The first kappa shape index (κ1) is 10.6. The van der Waals surface area contributed by atoms with Crippen LogP contribution < -0.4 is 5.73 Å². The highest BCUT2D eigenvalue weighted by atomic mass is 16.5. The van der Waals surface area contributed by atoms with Gasteiger partial charge in [-0.15, -0.1) is 0 Å². The molecule has 0 saturated heterocycles. The molecule has 1 fully saturated rings. The molecule has 15 heavy (non-hydrogen) atoms. The molecule has 3 N–H and O–H groups in total. The van der Waals surface area contributed by atoms with E-state index in [1.165, 1.54) is 0 Å². The Balaban J connectivity index is 2.01. The molecule has 0 aromatic carbocycles. The van der Waals surface area contributed by atoms with Gasteiger partial charge >= 0.3 is 0 Å². The van der Waals surface area contributed by atoms with Crippen LogP contribution in [0, 0.1) is 5.92 Å². The SMILES string of the molecule is CC1CC1c1noc(CC(C)(O)CN)n1. The van der Waals surface area contributed by atoms with Crippen molar-refractivity contribution in [1.29, 1.82) is 0 Å². The zero-order valence-corrected chi connectivity index (χ0v) is 9.10. The van der Waals surface area contributed by atoms with Crippen molar-refractivity contribution in [3.05, 3.63) is 11.7 Å². The number of nitrogens with zero attached hydrogens (tertiary/aromatic N) is 2. The van der Waals surface area contributed by atoms with Crippen LogP contribution in [0.25, 0.3) is 0 Å². The number of nitrogens with two attached hydrogens (primary N) is 1. The van der Waals surface area contributed by atoms with E-state index in [9.17, 15) is 5.11 Å². The Bertz CT molecular complexity index is 348. The van der Waals surface area contributed by atoms with Crippen LogP contribution in [-0.2, 0) is 6.42 Å². The maximum absolute atomic E-state index is 9.74. The molecule has 1 saturated carbocycles. The smallest absolute Gasteiger partial charge is 0.229 e. The summed E-state index contributed by atoms with van der Waals surface area (Å²) in [5.74, 6) is 2.35. The molecule has 0 spiro atoms. The molecule has 3 atom stereocenters. The quantitative estimate of drug-likeness (QED) is 0.755. The molecule has 5 nitrogen and oxygen atoms in total. The van der Waals surface area contributed by atoms with Gasteiger partial charge in [0.15, 0.2) is 5.82 Å². The third kappa shape index (κ3) is 2.35. The molecule has 0 radical (unpaired) electrons. The normalized spacial score (nSPS) is 28.8. The first-order chi connectivity index (χ1) is 7.02. The molecule has 0 aliphatic heterocycles. The summed E-state index contributed by atoms with van der Waals surface area (Å²) in [6, 6.07) is 0. The van der Waals surface area contributed by atoms with Gasteiger partial charge in [-0.25, -0.2) is 0 Å². The fourth-order valence-corrected chi connectivity index (χ4v) is 1.57. The number of hydrogen-bond donors (Lipinski definition) is 2. The number of aromatic nitrogens is 2. The van der Waals surface area contributed by atoms with Crippen molar-refractivity contribution in [3.8, 4) is 0 Å². The monoisotopic (exact) mass is 211 g/mol. The first-order valence-corrected chi connectivity index (χ1v) is 5.27. The minimum absolute atomic E-state index is 0.185. The van der Waals surface area contributed by atoms with Crippen LogP contribution in [0.5, 0.6) is 0 Å². The molecule has 0 bridgehead atoms. The van der Waals surface area contributed by atoms with Crippen molar-refractivity contribution >= 4 is 0 Å². The average Bonchev–Trinajstić information content (AvgIpc) is 2.73. The summed E-state index contributed by atoms with van der Waals surface area (Å²) < 4.78 is 5.08. The number of rotatable bonds is 4. The largest absolute Gasteiger partial charge is 0.388 e. The van der Waals surface area contributed by atoms with E-state index in [0.29, 0.717) is 24.1 Å². The van der Waals surface area contributed by atoms with Gasteiger partial charge < -0.3 is 15.4 Å². The fourth-order valence-electron chi connectivity index (χ4n) is 1.57. The zero-order chi connectivity index (χ0) is 11.1. The Morgan fingerprint density at radius 1 is 1.67 bits per heavy atom. The average molecular weight is 211 g/mol. The van der Waals surface area contributed by atoms with Crippen LogP contribution in [0.4, 0.5) is 0 Å². The Kier molecular flexibility index (Phi) is 2.52. The second-order valence-electron chi connectivity index (χ2n) is 4.74. The van der Waals surface area contributed by atoms with Crippen molar-refractivity contribution in [2.24, 2.45) is 11.7 Å². The van der Waals surface area contributed by atoms with Crippen molar-refractivity contribution in [3.63, 3.8) is 0 Å². The van der Waals surface area contributed by atoms with Crippen LogP contribution in [0.1, 0.15) is 37.9 Å². The Hall–Kier alpha value is -0.940. The summed E-state index contributed by atoms with van der Waals surface area (Å²) in [6.45, 7) is 4.01. The molecule has 84 valence electrons. The van der Waals surface area contributed by atoms with Crippen LogP contribution >= 0.6 is 0 Å². The van der Waals surface area contributed by atoms with Crippen molar-refractivity contribution in [1.82, 2.24) is 10.1 Å². The van der Waals surface area contributed by atoms with E-state index in [0.717, 1.165) is 12.2 Å². The van der Waals surface area contributed by atoms with Gasteiger partial charge in [0.1, 0.15) is 0 Å². The highest BCUT2D eigenvalue weighted by Crippen LogP contribution is 2.45. The Labute approximate surface area is 88.7 Å². The lowest BCUT2D eigenvalue weighted by Crippen LogP contribution is -2.36. The molecular formula is C10H17N3O2. The van der Waals surface area contributed by atoms with Gasteiger partial charge in [0, 0.05) is 12.5 Å². The van der Waals surface area contributed by atoms with Gasteiger partial charge in [-0.05, 0) is 19.3 Å². The predicted octanol–water partition coefficient (Wildman–Crippen LogP) is 0.445. The second kappa shape index (κ2) is 3.57. The van der Waals surface area contributed by atoms with Crippen LogP contribution in [0.3, 0.4) is 0 Å². The molecular weight excluding hydrogens is 194 g/mol. The summed E-state index contributed by atoms with van der Waals surface area (Å²) in [7, 11) is 0. The van der Waals surface area contributed by atoms with E-state index in [1.54, 1.807) is 6.92 Å². The van der Waals surface area contributed by atoms with Crippen molar-refractivity contribution in [2.75, 3.05) is 6.54 Å². The molecule has 0 amide bonds. The van der Waals surface area contributed by atoms with Gasteiger partial charge in [-0.3, -0.25) is 0 Å². The fraction of sp³-hybridized carbons (Fsp3) is 0.800. The van der Waals surface area contributed by atoms with Crippen LogP contribution in [0.2, 0.25) is 0 Å². The summed E-state index contributed by atoms with van der Waals surface area (Å²) >= 11 is 0. The maximum atomic E-state index is 9.74. The Morgan fingerprint density at radius 3 is 2.87 bits per heavy atom. The van der Waals surface area contributed by atoms with E-state index >= 15 is 0 Å². The minimum atomic E-state index is -0.959. The van der Waals surface area contributed by atoms with Gasteiger partial charge in [0.2, 0.25) is 5.89 Å². The minimum Gasteiger partial charge on any atom is -0.388 e. The lowest BCUT2D eigenvalue weighted by Gasteiger charge is -2.17. The maximum Gasteiger partial charge on any atom is 0.229 e. The van der Waals surface area contributed by atoms with Gasteiger partial charge in [0.05, 0.1) is 12.0 Å². The van der Waals surface area contributed by atoms with Crippen molar-refractivity contribution < 1.29 is 9.63 Å². The van der Waals surface area contributed by atoms with E-state index < -0.39 is 5.60 Å². The molecule has 2 rings (SSSR count). The van der Waals surface area contributed by atoms with E-state index in [1.807, 2.05) is 0 Å². The topological polar surface area (TPSA) is 85.2 Å². The second-order valence-corrected chi connectivity index (χ2v) is 4.74. The third-order valence-corrected chi connectivity index (χ3v) is 2.90. The molecule has 5 heteroatoms. The van der Waals surface area contributed by atoms with E-state index in [4.69, 9.17) is 10.3 Å². The first-order valence-electron chi connectivity index (χ1n) is 5.27. The standard InChI is InChI=1S/C10H17N3O2/c1-6-3-7(6)9-12-8(15-13-9)4-10(2,14)5-11/h6-7,14H,3-5,11H2,1-2H3. The molecule has 1 aliphatic rings. The highest BCUT2D eigenvalue weighted by Gasteiger charge is 2.38. The number of aliphatic hydroxyl groups is 1. The summed E-state index contributed by atoms with van der Waals surface area (Å²) in [4.78, 5) is 4.26. The third-order valence-electron chi connectivity index (χ3n) is 2.90. The van der Waals surface area contributed by atoms with E-state index in [2.05, 4.69) is 17.1 Å². The predicted molar refractivity (Wildman–Crippen MR) is 54.2 cm³/mol. The van der Waals surface area contributed by atoms with Gasteiger partial charge in [-0.1, -0.05) is 12.1 Å². The van der Waals surface area contributed by atoms with Gasteiger partial charge in [0.25, 0.3) is 0 Å². The molecule has 1 aromatic heterocycles. The zero-order valence-electron chi connectivity index (χ0n) is 9.10. The number of hydrogen-bond acceptors (Lipinski definition) is 5. The summed E-state index contributed by atoms with van der Waals surface area (Å²) in [5, 5.41) is 13.6. The summed E-state index contributed by atoms with van der Waals surface area (Å²) in [5.41, 5.74) is 4.46. The van der Waals surface area contributed by atoms with E-state index in [-0.39, 0.29) is 6.54 Å². The lowest BCUT2D eigenvalue weighted by atomic mass is 10.0. The molecule has 1 aliphatic carbocycles. The Morgan fingerprint density at radius 2 is 2.33 bits per heavy atom. The van der Waals surface area contributed by atoms with Gasteiger partial charge in [-0.2, -0.15) is 4.98 Å². The molecule has 1 aromatic rings. The van der Waals surface area contributed by atoms with Crippen LogP contribution in [0.15, 0.2) is 4.52 Å². The lowest BCUT2D eigenvalue weighted by molar-refractivity contribution is 0.0610.